The predicted octanol–water partition coefficient (Wildman–Crippen LogP) is 2.62. The Morgan fingerprint density at radius 2 is 1.79 bits per heavy atom. The standard InChI is InChI=1S/C17H16ClN3O7S/c1-11(16(22)23)20(10-12-4-2-3-5-15(12)21(25)26)17(24)19-29(27,28)14-8-6-13(18)7-9-14/h2-9,11H,10H2,1H3,(H,19,24)(H,22,23)/t11-/m0/s1. The molecule has 0 unspecified atom stereocenters. The SMILES string of the molecule is C[C@@H](C(=O)O)N(Cc1ccccc1[N+](=O)[O-])C(=O)NS(=O)(=O)c1ccc(Cl)cc1. The molecule has 0 saturated carbocycles. The van der Waals surface area contributed by atoms with Gasteiger partial charge in [-0.25, -0.2) is 22.7 Å². The monoisotopic (exact) mass is 441 g/mol. The van der Waals surface area contributed by atoms with Gasteiger partial charge in [-0.3, -0.25) is 10.1 Å². The van der Waals surface area contributed by atoms with Gasteiger partial charge in [0.1, 0.15) is 6.04 Å². The van der Waals surface area contributed by atoms with Crippen molar-refractivity contribution in [2.45, 2.75) is 24.4 Å². The highest BCUT2D eigenvalue weighted by molar-refractivity contribution is 7.90. The number of aliphatic carboxylic acids is 1. The fourth-order valence-electron chi connectivity index (χ4n) is 2.37. The lowest BCUT2D eigenvalue weighted by Gasteiger charge is -2.26. The number of halogens is 1. The summed E-state index contributed by atoms with van der Waals surface area (Å²) >= 11 is 5.71. The van der Waals surface area contributed by atoms with Crippen LogP contribution in [0.2, 0.25) is 5.02 Å². The third-order valence-electron chi connectivity index (χ3n) is 3.96. The summed E-state index contributed by atoms with van der Waals surface area (Å²) in [6, 6.07) is 7.70. The molecule has 12 heteroatoms. The van der Waals surface area contributed by atoms with Crippen molar-refractivity contribution in [3.05, 3.63) is 69.2 Å². The van der Waals surface area contributed by atoms with E-state index < -0.39 is 39.5 Å². The molecule has 2 rings (SSSR count). The molecule has 2 N–H and O–H groups in total. The maximum atomic E-state index is 12.6. The van der Waals surface area contributed by atoms with E-state index in [1.54, 1.807) is 4.72 Å². The van der Waals surface area contributed by atoms with Gasteiger partial charge >= 0.3 is 12.0 Å². The highest BCUT2D eigenvalue weighted by atomic mass is 35.5. The van der Waals surface area contributed by atoms with Crippen LogP contribution in [0.3, 0.4) is 0 Å². The molecular weight excluding hydrogens is 426 g/mol. The molecule has 0 heterocycles. The van der Waals surface area contributed by atoms with Crippen molar-refractivity contribution in [3.8, 4) is 0 Å². The Bertz CT molecular complexity index is 1040. The number of para-hydroxylation sites is 1. The molecule has 154 valence electrons. The van der Waals surface area contributed by atoms with Gasteiger partial charge in [0.2, 0.25) is 0 Å². The Labute approximate surface area is 170 Å². The van der Waals surface area contributed by atoms with E-state index in [0.717, 1.165) is 6.92 Å². The molecule has 0 saturated heterocycles. The molecule has 2 aromatic carbocycles. The van der Waals surface area contributed by atoms with E-state index in [0.29, 0.717) is 4.90 Å². The number of carbonyl (C=O) groups is 2. The van der Waals surface area contributed by atoms with Crippen molar-refractivity contribution in [2.75, 3.05) is 0 Å². The highest BCUT2D eigenvalue weighted by Gasteiger charge is 2.30. The average molecular weight is 442 g/mol. The van der Waals surface area contributed by atoms with Gasteiger partial charge in [-0.15, -0.1) is 0 Å². The minimum absolute atomic E-state index is 0.0460. The van der Waals surface area contributed by atoms with Crippen molar-refractivity contribution in [3.63, 3.8) is 0 Å². The zero-order valence-corrected chi connectivity index (χ0v) is 16.6. The smallest absolute Gasteiger partial charge is 0.332 e. The zero-order valence-electron chi connectivity index (χ0n) is 15.0. The van der Waals surface area contributed by atoms with Crippen LogP contribution in [0.4, 0.5) is 10.5 Å². The van der Waals surface area contributed by atoms with E-state index >= 15 is 0 Å². The van der Waals surface area contributed by atoms with Crippen molar-refractivity contribution in [1.82, 2.24) is 9.62 Å². The molecule has 1 atom stereocenters. The van der Waals surface area contributed by atoms with Gasteiger partial charge in [0.15, 0.2) is 0 Å². The molecule has 0 radical (unpaired) electrons. The summed E-state index contributed by atoms with van der Waals surface area (Å²) in [7, 11) is -4.33. The topological polar surface area (TPSA) is 147 Å². The maximum Gasteiger partial charge on any atom is 0.332 e. The molecule has 0 aliphatic heterocycles. The number of hydrogen-bond acceptors (Lipinski definition) is 6. The minimum Gasteiger partial charge on any atom is -0.480 e. The number of carboxylic acid groups (broad SMARTS) is 1. The van der Waals surface area contributed by atoms with Crippen LogP contribution in [0.1, 0.15) is 12.5 Å². The summed E-state index contributed by atoms with van der Waals surface area (Å²) < 4.78 is 26.6. The van der Waals surface area contributed by atoms with Crippen molar-refractivity contribution < 1.29 is 28.0 Å². The van der Waals surface area contributed by atoms with Crippen LogP contribution >= 0.6 is 11.6 Å². The normalized spacial score (nSPS) is 12.1. The van der Waals surface area contributed by atoms with Crippen LogP contribution in [-0.2, 0) is 21.4 Å². The second kappa shape index (κ2) is 8.88. The number of nitrogens with zero attached hydrogens (tertiary/aromatic N) is 2. The number of nitro groups is 1. The molecule has 0 aromatic heterocycles. The molecule has 29 heavy (non-hydrogen) atoms. The lowest BCUT2D eigenvalue weighted by atomic mass is 10.1. The summed E-state index contributed by atoms with van der Waals surface area (Å²) in [4.78, 5) is 34.9. The van der Waals surface area contributed by atoms with Gasteiger partial charge in [-0.05, 0) is 31.2 Å². The number of amides is 2. The summed E-state index contributed by atoms with van der Waals surface area (Å²) in [5.41, 5.74) is -0.284. The predicted molar refractivity (Wildman–Crippen MR) is 103 cm³/mol. The Morgan fingerprint density at radius 3 is 2.34 bits per heavy atom. The van der Waals surface area contributed by atoms with E-state index in [1.165, 1.54) is 48.5 Å². The number of hydrogen-bond donors (Lipinski definition) is 2. The van der Waals surface area contributed by atoms with Crippen LogP contribution in [0.25, 0.3) is 0 Å². The van der Waals surface area contributed by atoms with Crippen LogP contribution < -0.4 is 4.72 Å². The van der Waals surface area contributed by atoms with Crippen molar-refractivity contribution >= 4 is 39.3 Å². The first kappa shape index (κ1) is 22.1. The average Bonchev–Trinajstić information content (AvgIpc) is 2.65. The van der Waals surface area contributed by atoms with Crippen LogP contribution in [0, 0.1) is 10.1 Å². The zero-order chi connectivity index (χ0) is 21.8. The largest absolute Gasteiger partial charge is 0.480 e. The van der Waals surface area contributed by atoms with Crippen LogP contribution in [-0.4, -0.2) is 41.4 Å². The van der Waals surface area contributed by atoms with E-state index in [4.69, 9.17) is 11.6 Å². The van der Waals surface area contributed by atoms with Gasteiger partial charge in [0, 0.05) is 16.7 Å². The van der Waals surface area contributed by atoms with E-state index in [-0.39, 0.29) is 21.2 Å². The van der Waals surface area contributed by atoms with Gasteiger partial charge in [-0.2, -0.15) is 0 Å². The first-order chi connectivity index (χ1) is 13.5. The number of carboxylic acids is 1. The highest BCUT2D eigenvalue weighted by Crippen LogP contribution is 2.21. The van der Waals surface area contributed by atoms with Crippen molar-refractivity contribution in [2.24, 2.45) is 0 Å². The number of carbonyl (C=O) groups excluding carboxylic acids is 1. The molecule has 2 aromatic rings. The first-order valence-electron chi connectivity index (χ1n) is 8.07. The Hall–Kier alpha value is -3.18. The van der Waals surface area contributed by atoms with Gasteiger partial charge in [0.25, 0.3) is 15.7 Å². The summed E-state index contributed by atoms with van der Waals surface area (Å²) in [6.45, 7) is 0.665. The maximum absolute atomic E-state index is 12.6. The number of sulfonamides is 1. The molecule has 2 amide bonds. The van der Waals surface area contributed by atoms with Crippen LogP contribution in [0.5, 0.6) is 0 Å². The van der Waals surface area contributed by atoms with E-state index in [1.807, 2.05) is 0 Å². The van der Waals surface area contributed by atoms with Crippen LogP contribution in [0.15, 0.2) is 53.4 Å². The molecular formula is C17H16ClN3O7S. The first-order valence-corrected chi connectivity index (χ1v) is 9.93. The third kappa shape index (κ3) is 5.42. The van der Waals surface area contributed by atoms with Gasteiger partial charge < -0.3 is 10.0 Å². The van der Waals surface area contributed by atoms with E-state index in [2.05, 4.69) is 0 Å². The van der Waals surface area contributed by atoms with Gasteiger partial charge in [-0.1, -0.05) is 29.8 Å². The number of benzene rings is 2. The lowest BCUT2D eigenvalue weighted by molar-refractivity contribution is -0.385. The minimum atomic E-state index is -4.33. The summed E-state index contributed by atoms with van der Waals surface area (Å²) in [5, 5.41) is 20.8. The molecule has 10 nitrogen and oxygen atoms in total. The number of nitrogens with one attached hydrogen (secondary N) is 1. The lowest BCUT2D eigenvalue weighted by Crippen LogP contribution is -2.49. The summed E-state index contributed by atoms with van der Waals surface area (Å²) in [6.07, 6.45) is 0. The number of rotatable bonds is 7. The van der Waals surface area contributed by atoms with Gasteiger partial charge in [0.05, 0.1) is 16.4 Å². The second-order valence-corrected chi connectivity index (χ2v) is 8.01. The second-order valence-electron chi connectivity index (χ2n) is 5.89. The number of urea groups is 1. The number of nitro benzene ring substituents is 1. The summed E-state index contributed by atoms with van der Waals surface area (Å²) in [5.74, 6) is -1.41. The quantitative estimate of drug-likeness (QED) is 0.495. The fourth-order valence-corrected chi connectivity index (χ4v) is 3.46. The Balaban J connectivity index is 2.35. The Kier molecular flexibility index (Phi) is 6.77. The molecule has 0 fully saturated rings. The molecule has 0 aliphatic carbocycles. The Morgan fingerprint density at radius 1 is 1.21 bits per heavy atom. The molecule has 0 aliphatic rings. The molecule has 0 spiro atoms. The van der Waals surface area contributed by atoms with E-state index in [9.17, 15) is 33.2 Å². The third-order valence-corrected chi connectivity index (χ3v) is 5.55. The van der Waals surface area contributed by atoms with Crippen molar-refractivity contribution in [1.29, 1.82) is 0 Å². The fraction of sp³-hybridized carbons (Fsp3) is 0.176. The molecule has 0 bridgehead atoms.